The van der Waals surface area contributed by atoms with E-state index in [4.69, 9.17) is 0 Å². The Kier molecular flexibility index (Phi) is 4.12. The van der Waals surface area contributed by atoms with E-state index in [-0.39, 0.29) is 5.75 Å². The average molecular weight is 249 g/mol. The number of hydrogen-bond acceptors (Lipinski definition) is 3. The number of phenolic OH excluding ortho intramolecular Hbond substituents is 1. The number of benzene rings is 1. The van der Waals surface area contributed by atoms with E-state index >= 15 is 0 Å². The van der Waals surface area contributed by atoms with Crippen molar-refractivity contribution in [3.8, 4) is 5.75 Å². The summed E-state index contributed by atoms with van der Waals surface area (Å²) in [6.07, 6.45) is 4.37. The smallest absolute Gasteiger partial charge is 0.123 e. The number of phenols is 1. The molecule has 1 heterocycles. The van der Waals surface area contributed by atoms with Crippen molar-refractivity contribution in [3.63, 3.8) is 0 Å². The molecular formula is C15H23NO2. The van der Waals surface area contributed by atoms with E-state index in [0.29, 0.717) is 11.6 Å². The van der Waals surface area contributed by atoms with E-state index in [0.717, 1.165) is 12.2 Å². The third kappa shape index (κ3) is 2.78. The van der Waals surface area contributed by atoms with Gasteiger partial charge in [-0.05, 0) is 32.8 Å². The van der Waals surface area contributed by atoms with Gasteiger partial charge in [-0.15, -0.1) is 0 Å². The summed E-state index contributed by atoms with van der Waals surface area (Å²) in [6.45, 7) is 4.96. The summed E-state index contributed by atoms with van der Waals surface area (Å²) in [7, 11) is 0. The van der Waals surface area contributed by atoms with Crippen LogP contribution in [-0.2, 0) is 0 Å². The maximum atomic E-state index is 9.96. The molecule has 3 heteroatoms. The summed E-state index contributed by atoms with van der Waals surface area (Å²) < 4.78 is 0. The van der Waals surface area contributed by atoms with Crippen molar-refractivity contribution in [1.29, 1.82) is 0 Å². The Balaban J connectivity index is 2.24. The molecule has 1 saturated heterocycles. The van der Waals surface area contributed by atoms with Gasteiger partial charge in [0.1, 0.15) is 5.75 Å². The Morgan fingerprint density at radius 3 is 2.72 bits per heavy atom. The normalized spacial score (nSPS) is 22.6. The lowest BCUT2D eigenvalue weighted by Gasteiger charge is -2.30. The van der Waals surface area contributed by atoms with E-state index in [1.54, 1.807) is 13.0 Å². The zero-order chi connectivity index (χ0) is 13.1. The average Bonchev–Trinajstić information content (AvgIpc) is 2.53. The minimum atomic E-state index is -0.624. The van der Waals surface area contributed by atoms with Crippen LogP contribution in [0.4, 0.5) is 5.69 Å². The molecule has 100 valence electrons. The first kappa shape index (κ1) is 13.2. The van der Waals surface area contributed by atoms with Crippen molar-refractivity contribution in [2.24, 2.45) is 0 Å². The lowest BCUT2D eigenvalue weighted by molar-refractivity contribution is 0.195. The number of anilines is 1. The number of aliphatic hydroxyl groups is 1. The molecule has 0 aliphatic carbocycles. The van der Waals surface area contributed by atoms with Gasteiger partial charge in [-0.3, -0.25) is 0 Å². The Hall–Kier alpha value is -1.22. The first-order valence-corrected chi connectivity index (χ1v) is 6.87. The molecule has 2 rings (SSSR count). The van der Waals surface area contributed by atoms with Gasteiger partial charge in [0.2, 0.25) is 0 Å². The number of nitrogens with zero attached hydrogens (tertiary/aromatic N) is 1. The third-order valence-corrected chi connectivity index (χ3v) is 3.85. The van der Waals surface area contributed by atoms with Crippen LogP contribution in [0.3, 0.4) is 0 Å². The van der Waals surface area contributed by atoms with Crippen molar-refractivity contribution < 1.29 is 10.2 Å². The second-order valence-corrected chi connectivity index (χ2v) is 5.31. The van der Waals surface area contributed by atoms with Gasteiger partial charge in [-0.25, -0.2) is 0 Å². The molecule has 2 N–H and O–H groups in total. The molecule has 18 heavy (non-hydrogen) atoms. The van der Waals surface area contributed by atoms with Crippen molar-refractivity contribution in [1.82, 2.24) is 0 Å². The highest BCUT2D eigenvalue weighted by Gasteiger charge is 2.18. The Bertz CT molecular complexity index is 403. The molecule has 1 fully saturated rings. The summed E-state index contributed by atoms with van der Waals surface area (Å²) in [5.74, 6) is 0.193. The van der Waals surface area contributed by atoms with Crippen molar-refractivity contribution >= 4 is 5.69 Å². The van der Waals surface area contributed by atoms with E-state index in [1.807, 2.05) is 12.1 Å². The molecule has 0 radical (unpaired) electrons. The van der Waals surface area contributed by atoms with E-state index in [1.165, 1.54) is 25.7 Å². The predicted molar refractivity (Wildman–Crippen MR) is 74.0 cm³/mol. The fraction of sp³-hybridized carbons (Fsp3) is 0.600. The van der Waals surface area contributed by atoms with E-state index < -0.39 is 6.10 Å². The molecule has 0 spiro atoms. The van der Waals surface area contributed by atoms with Crippen LogP contribution < -0.4 is 4.90 Å². The lowest BCUT2D eigenvalue weighted by atomic mass is 10.1. The van der Waals surface area contributed by atoms with Crippen LogP contribution in [0.5, 0.6) is 5.75 Å². The zero-order valence-electron chi connectivity index (χ0n) is 11.3. The summed E-state index contributed by atoms with van der Waals surface area (Å²) in [5.41, 5.74) is 1.66. The summed E-state index contributed by atoms with van der Waals surface area (Å²) >= 11 is 0. The molecule has 0 saturated carbocycles. The highest BCUT2D eigenvalue weighted by molar-refractivity contribution is 5.54. The molecule has 1 aliphatic rings. The second-order valence-electron chi connectivity index (χ2n) is 5.31. The van der Waals surface area contributed by atoms with Gasteiger partial charge in [-0.1, -0.05) is 18.9 Å². The van der Waals surface area contributed by atoms with Crippen molar-refractivity contribution in [3.05, 3.63) is 23.8 Å². The van der Waals surface area contributed by atoms with Gasteiger partial charge in [0, 0.05) is 29.9 Å². The maximum absolute atomic E-state index is 9.96. The maximum Gasteiger partial charge on any atom is 0.123 e. The highest BCUT2D eigenvalue weighted by Crippen LogP contribution is 2.31. The molecule has 1 aromatic carbocycles. The van der Waals surface area contributed by atoms with Gasteiger partial charge < -0.3 is 15.1 Å². The molecule has 1 aromatic rings. The molecule has 2 unspecified atom stereocenters. The fourth-order valence-electron chi connectivity index (χ4n) is 2.72. The van der Waals surface area contributed by atoms with Gasteiger partial charge in [-0.2, -0.15) is 0 Å². The molecule has 0 amide bonds. The van der Waals surface area contributed by atoms with Crippen LogP contribution in [0.2, 0.25) is 0 Å². The van der Waals surface area contributed by atoms with E-state index in [2.05, 4.69) is 11.8 Å². The van der Waals surface area contributed by atoms with Crippen molar-refractivity contribution in [2.45, 2.75) is 51.7 Å². The molecular weight excluding hydrogens is 226 g/mol. The first-order valence-electron chi connectivity index (χ1n) is 6.87. The summed E-state index contributed by atoms with van der Waals surface area (Å²) in [6, 6.07) is 6.13. The van der Waals surface area contributed by atoms with Crippen LogP contribution in [0.15, 0.2) is 18.2 Å². The first-order chi connectivity index (χ1) is 8.59. The Morgan fingerprint density at radius 2 is 2.06 bits per heavy atom. The largest absolute Gasteiger partial charge is 0.507 e. The van der Waals surface area contributed by atoms with Crippen LogP contribution in [0.25, 0.3) is 0 Å². The number of rotatable bonds is 2. The number of aromatic hydroxyl groups is 1. The fourth-order valence-corrected chi connectivity index (χ4v) is 2.72. The summed E-state index contributed by atoms with van der Waals surface area (Å²) in [5, 5.41) is 19.5. The minimum Gasteiger partial charge on any atom is -0.507 e. The number of hydrogen-bond donors (Lipinski definition) is 2. The Morgan fingerprint density at radius 1 is 1.28 bits per heavy atom. The highest BCUT2D eigenvalue weighted by atomic mass is 16.3. The number of aliphatic hydroxyl groups excluding tert-OH is 1. The topological polar surface area (TPSA) is 43.7 Å². The van der Waals surface area contributed by atoms with Gasteiger partial charge in [0.05, 0.1) is 6.10 Å². The SMILES string of the molecule is CC(O)c1ccc(N2CCCCCC2C)cc1O. The van der Waals surface area contributed by atoms with Gasteiger partial charge >= 0.3 is 0 Å². The van der Waals surface area contributed by atoms with Gasteiger partial charge in [0.15, 0.2) is 0 Å². The lowest BCUT2D eigenvalue weighted by Crippen LogP contribution is -2.32. The van der Waals surface area contributed by atoms with Crippen molar-refractivity contribution in [2.75, 3.05) is 11.4 Å². The van der Waals surface area contributed by atoms with Crippen LogP contribution in [-0.4, -0.2) is 22.8 Å². The second kappa shape index (κ2) is 5.61. The summed E-state index contributed by atoms with van der Waals surface area (Å²) in [4.78, 5) is 2.36. The monoisotopic (exact) mass is 249 g/mol. The third-order valence-electron chi connectivity index (χ3n) is 3.85. The van der Waals surface area contributed by atoms with Crippen LogP contribution in [0, 0.1) is 0 Å². The van der Waals surface area contributed by atoms with Gasteiger partial charge in [0.25, 0.3) is 0 Å². The molecule has 2 atom stereocenters. The predicted octanol–water partition coefficient (Wildman–Crippen LogP) is 3.21. The molecule has 0 bridgehead atoms. The van der Waals surface area contributed by atoms with Crippen LogP contribution in [0.1, 0.15) is 51.2 Å². The molecule has 1 aliphatic heterocycles. The minimum absolute atomic E-state index is 0.193. The molecule has 3 nitrogen and oxygen atoms in total. The molecule has 0 aromatic heterocycles. The van der Waals surface area contributed by atoms with Crippen LogP contribution >= 0.6 is 0 Å². The quantitative estimate of drug-likeness (QED) is 0.846. The Labute approximate surface area is 109 Å². The zero-order valence-corrected chi connectivity index (χ0v) is 11.3. The van der Waals surface area contributed by atoms with E-state index in [9.17, 15) is 10.2 Å². The standard InChI is InChI=1S/C15H23NO2/c1-11-6-4-3-5-9-16(11)13-7-8-14(12(2)17)15(18)10-13/h7-8,10-12,17-18H,3-6,9H2,1-2H3.